The Hall–Kier alpha value is -0.920. The third-order valence-electron chi connectivity index (χ3n) is 2.14. The summed E-state index contributed by atoms with van der Waals surface area (Å²) in [6.07, 6.45) is 0.753. The largest absolute Gasteiger partial charge is 0.370 e. The van der Waals surface area contributed by atoms with Crippen molar-refractivity contribution < 1.29 is 4.74 Å². The molecule has 0 aliphatic carbocycles. The van der Waals surface area contributed by atoms with Gasteiger partial charge in [0.1, 0.15) is 11.1 Å². The molecular weight excluding hydrogens is 184 g/mol. The van der Waals surface area contributed by atoms with Crippen LogP contribution in [0.25, 0.3) is 0 Å². The first kappa shape index (κ1) is 8.67. The zero-order chi connectivity index (χ0) is 9.26. The van der Waals surface area contributed by atoms with Crippen molar-refractivity contribution in [2.24, 2.45) is 5.92 Å². The molecular formula is C9H10N2OS. The Kier molecular flexibility index (Phi) is 2.30. The first-order valence-corrected chi connectivity index (χ1v) is 5.12. The SMILES string of the molecule is Cc1csc(C2OCCC2C#N)n1. The summed E-state index contributed by atoms with van der Waals surface area (Å²) in [5.41, 5.74) is 1.01. The van der Waals surface area contributed by atoms with E-state index in [9.17, 15) is 0 Å². The van der Waals surface area contributed by atoms with Crippen LogP contribution in [-0.4, -0.2) is 11.6 Å². The van der Waals surface area contributed by atoms with Gasteiger partial charge in [-0.15, -0.1) is 11.3 Å². The van der Waals surface area contributed by atoms with Crippen LogP contribution in [-0.2, 0) is 4.74 Å². The van der Waals surface area contributed by atoms with Crippen molar-refractivity contribution in [2.75, 3.05) is 6.61 Å². The molecule has 1 aromatic rings. The van der Waals surface area contributed by atoms with E-state index < -0.39 is 0 Å². The number of rotatable bonds is 1. The smallest absolute Gasteiger partial charge is 0.125 e. The lowest BCUT2D eigenvalue weighted by Gasteiger charge is -2.08. The highest BCUT2D eigenvalue weighted by Crippen LogP contribution is 2.35. The summed E-state index contributed by atoms with van der Waals surface area (Å²) in [4.78, 5) is 4.33. The second kappa shape index (κ2) is 3.44. The Morgan fingerprint density at radius 1 is 1.77 bits per heavy atom. The van der Waals surface area contributed by atoms with Crippen molar-refractivity contribution >= 4 is 11.3 Å². The molecule has 4 heteroatoms. The molecule has 2 heterocycles. The van der Waals surface area contributed by atoms with Crippen molar-refractivity contribution in [3.8, 4) is 6.07 Å². The standard InChI is InChI=1S/C9H10N2OS/c1-6-5-13-9(11-6)8-7(4-10)2-3-12-8/h5,7-8H,2-3H2,1H3. The highest BCUT2D eigenvalue weighted by atomic mass is 32.1. The number of hydrogen-bond acceptors (Lipinski definition) is 4. The Bertz CT molecular complexity index is 342. The van der Waals surface area contributed by atoms with Crippen molar-refractivity contribution in [3.05, 3.63) is 16.1 Å². The molecule has 2 rings (SSSR count). The van der Waals surface area contributed by atoms with Crippen LogP contribution < -0.4 is 0 Å². The number of hydrogen-bond donors (Lipinski definition) is 0. The van der Waals surface area contributed by atoms with Gasteiger partial charge < -0.3 is 4.74 Å². The van der Waals surface area contributed by atoms with E-state index in [-0.39, 0.29) is 12.0 Å². The molecule has 2 unspecified atom stereocenters. The predicted octanol–water partition coefficient (Wildman–Crippen LogP) is 2.05. The first-order chi connectivity index (χ1) is 6.31. The minimum Gasteiger partial charge on any atom is -0.370 e. The number of ether oxygens (including phenoxy) is 1. The predicted molar refractivity (Wildman–Crippen MR) is 49.3 cm³/mol. The van der Waals surface area contributed by atoms with Crippen molar-refractivity contribution in [2.45, 2.75) is 19.4 Å². The van der Waals surface area contributed by atoms with Gasteiger partial charge in [-0.3, -0.25) is 0 Å². The third kappa shape index (κ3) is 1.58. The molecule has 1 aromatic heterocycles. The molecule has 68 valence electrons. The zero-order valence-electron chi connectivity index (χ0n) is 7.36. The average Bonchev–Trinajstić information content (AvgIpc) is 2.71. The van der Waals surface area contributed by atoms with Crippen LogP contribution in [0.4, 0.5) is 0 Å². The van der Waals surface area contributed by atoms with Crippen LogP contribution in [0.3, 0.4) is 0 Å². The Balaban J connectivity index is 2.21. The summed E-state index contributed by atoms with van der Waals surface area (Å²) in [6.45, 7) is 2.64. The molecule has 0 saturated carbocycles. The summed E-state index contributed by atoms with van der Waals surface area (Å²) >= 11 is 1.58. The summed E-state index contributed by atoms with van der Waals surface area (Å²) in [7, 11) is 0. The van der Waals surface area contributed by atoms with Crippen LogP contribution in [0, 0.1) is 24.2 Å². The summed E-state index contributed by atoms with van der Waals surface area (Å²) < 4.78 is 5.48. The third-order valence-corrected chi connectivity index (χ3v) is 3.16. The lowest BCUT2D eigenvalue weighted by Crippen LogP contribution is -2.04. The van der Waals surface area contributed by atoms with Crippen molar-refractivity contribution in [3.63, 3.8) is 0 Å². The molecule has 1 saturated heterocycles. The lowest BCUT2D eigenvalue weighted by atomic mass is 10.0. The van der Waals surface area contributed by atoms with Gasteiger partial charge in [-0.05, 0) is 13.3 Å². The van der Waals surface area contributed by atoms with Gasteiger partial charge in [0.2, 0.25) is 0 Å². The second-order valence-electron chi connectivity index (χ2n) is 3.14. The maximum absolute atomic E-state index is 8.85. The van der Waals surface area contributed by atoms with Gasteiger partial charge >= 0.3 is 0 Å². The van der Waals surface area contributed by atoms with E-state index in [1.54, 1.807) is 11.3 Å². The molecule has 0 amide bonds. The molecule has 0 bridgehead atoms. The number of thiazole rings is 1. The molecule has 1 aliphatic heterocycles. The first-order valence-electron chi connectivity index (χ1n) is 4.24. The maximum atomic E-state index is 8.85. The number of nitriles is 1. The fourth-order valence-electron chi connectivity index (χ4n) is 1.47. The molecule has 0 radical (unpaired) electrons. The van der Waals surface area contributed by atoms with Gasteiger partial charge in [-0.2, -0.15) is 5.26 Å². The highest BCUT2D eigenvalue weighted by molar-refractivity contribution is 7.09. The maximum Gasteiger partial charge on any atom is 0.125 e. The number of aromatic nitrogens is 1. The van der Waals surface area contributed by atoms with Crippen molar-refractivity contribution in [1.82, 2.24) is 4.98 Å². The van der Waals surface area contributed by atoms with Crippen LogP contribution in [0.5, 0.6) is 0 Å². The lowest BCUT2D eigenvalue weighted by molar-refractivity contribution is 0.100. The molecule has 0 spiro atoms. The van der Waals surface area contributed by atoms with Crippen LogP contribution in [0.1, 0.15) is 23.2 Å². The molecule has 0 aromatic carbocycles. The van der Waals surface area contributed by atoms with E-state index in [4.69, 9.17) is 10.00 Å². The Morgan fingerprint density at radius 3 is 3.23 bits per heavy atom. The van der Waals surface area contributed by atoms with Gasteiger partial charge in [0.15, 0.2) is 0 Å². The Morgan fingerprint density at radius 2 is 2.62 bits per heavy atom. The van der Waals surface area contributed by atoms with Gasteiger partial charge in [0.05, 0.1) is 12.0 Å². The quantitative estimate of drug-likeness (QED) is 0.687. The van der Waals surface area contributed by atoms with E-state index in [1.165, 1.54) is 0 Å². The zero-order valence-corrected chi connectivity index (χ0v) is 8.17. The number of nitrogens with zero attached hydrogens (tertiary/aromatic N) is 2. The topological polar surface area (TPSA) is 45.9 Å². The molecule has 1 aliphatic rings. The molecule has 3 nitrogen and oxygen atoms in total. The summed E-state index contributed by atoms with van der Waals surface area (Å²) in [6, 6.07) is 2.26. The van der Waals surface area contributed by atoms with E-state index in [0.29, 0.717) is 6.61 Å². The monoisotopic (exact) mass is 194 g/mol. The summed E-state index contributed by atoms with van der Waals surface area (Å²) in [5, 5.41) is 11.8. The molecule has 13 heavy (non-hydrogen) atoms. The van der Waals surface area contributed by atoms with Gasteiger partial charge in [0, 0.05) is 17.7 Å². The molecule has 2 atom stereocenters. The van der Waals surface area contributed by atoms with E-state index in [0.717, 1.165) is 17.1 Å². The summed E-state index contributed by atoms with van der Waals surface area (Å²) in [5.74, 6) is -0.00875. The molecule has 1 fully saturated rings. The van der Waals surface area contributed by atoms with E-state index in [1.807, 2.05) is 12.3 Å². The van der Waals surface area contributed by atoms with E-state index in [2.05, 4.69) is 11.1 Å². The number of aryl methyl sites for hydroxylation is 1. The Labute approximate surface area is 81.0 Å². The fraction of sp³-hybridized carbons (Fsp3) is 0.556. The minimum atomic E-state index is -0.0799. The van der Waals surface area contributed by atoms with Crippen LogP contribution in [0.2, 0.25) is 0 Å². The van der Waals surface area contributed by atoms with E-state index >= 15 is 0 Å². The van der Waals surface area contributed by atoms with Crippen LogP contribution in [0.15, 0.2) is 5.38 Å². The van der Waals surface area contributed by atoms with Crippen molar-refractivity contribution in [1.29, 1.82) is 5.26 Å². The minimum absolute atomic E-state index is 0.00875. The average molecular weight is 194 g/mol. The van der Waals surface area contributed by atoms with Gasteiger partial charge in [0.25, 0.3) is 0 Å². The fourth-order valence-corrected chi connectivity index (χ4v) is 2.38. The normalized spacial score (nSPS) is 27.4. The molecule has 0 N–H and O–H groups in total. The highest BCUT2D eigenvalue weighted by Gasteiger charge is 2.31. The second-order valence-corrected chi connectivity index (χ2v) is 4.03. The van der Waals surface area contributed by atoms with Crippen LogP contribution >= 0.6 is 11.3 Å². The van der Waals surface area contributed by atoms with Gasteiger partial charge in [-0.25, -0.2) is 4.98 Å². The van der Waals surface area contributed by atoms with Gasteiger partial charge in [-0.1, -0.05) is 0 Å².